The third kappa shape index (κ3) is 2.06. The molecule has 4 atom stereocenters. The fourth-order valence-corrected chi connectivity index (χ4v) is 3.55. The second-order valence-corrected chi connectivity index (χ2v) is 5.80. The predicted octanol–water partition coefficient (Wildman–Crippen LogP) is 1.93. The van der Waals surface area contributed by atoms with Crippen molar-refractivity contribution >= 4 is 5.97 Å². The molecule has 116 valence electrons. The zero-order valence-electron chi connectivity index (χ0n) is 12.1. The largest absolute Gasteiger partial charge is 0.421 e. The Hall–Kier alpha value is -2.89. The predicted molar refractivity (Wildman–Crippen MR) is 82.4 cm³/mol. The monoisotopic (exact) mass is 310 g/mol. The van der Waals surface area contributed by atoms with Crippen LogP contribution in [0.4, 0.5) is 0 Å². The molecule has 1 aliphatic carbocycles. The van der Waals surface area contributed by atoms with Gasteiger partial charge in [-0.05, 0) is 17.8 Å². The Kier molecular flexibility index (Phi) is 3.04. The summed E-state index contributed by atoms with van der Waals surface area (Å²) in [5, 5.41) is 14.8. The van der Waals surface area contributed by atoms with E-state index < -0.39 is 22.9 Å². The maximum atomic E-state index is 12.2. The fourth-order valence-electron chi connectivity index (χ4n) is 3.55. The van der Waals surface area contributed by atoms with Gasteiger partial charge in [-0.15, -0.1) is 0 Å². The molecule has 6 heteroatoms. The molecule has 0 aromatic heterocycles. The van der Waals surface area contributed by atoms with Crippen molar-refractivity contribution < 1.29 is 14.5 Å². The minimum absolute atomic E-state index is 0.00593. The molecule has 2 heterocycles. The highest BCUT2D eigenvalue weighted by atomic mass is 16.6. The lowest BCUT2D eigenvalue weighted by Crippen LogP contribution is -2.43. The van der Waals surface area contributed by atoms with Crippen LogP contribution in [0.1, 0.15) is 11.5 Å². The first kappa shape index (κ1) is 13.8. The van der Waals surface area contributed by atoms with E-state index >= 15 is 0 Å². The van der Waals surface area contributed by atoms with Crippen molar-refractivity contribution in [1.82, 2.24) is 5.32 Å². The highest BCUT2D eigenvalue weighted by Crippen LogP contribution is 2.45. The van der Waals surface area contributed by atoms with Crippen molar-refractivity contribution in [3.63, 3.8) is 0 Å². The molecule has 1 aromatic carbocycles. The van der Waals surface area contributed by atoms with Gasteiger partial charge >= 0.3 is 12.0 Å². The summed E-state index contributed by atoms with van der Waals surface area (Å²) < 4.78 is 5.17. The number of allylic oxidation sites excluding steroid dienone is 2. The first-order chi connectivity index (χ1) is 11.2. The van der Waals surface area contributed by atoms with Crippen LogP contribution in [0.3, 0.4) is 0 Å². The highest BCUT2D eigenvalue weighted by molar-refractivity contribution is 5.82. The lowest BCUT2D eigenvalue weighted by Gasteiger charge is -2.30. The van der Waals surface area contributed by atoms with Gasteiger partial charge in [0.05, 0.1) is 12.0 Å². The summed E-state index contributed by atoms with van der Waals surface area (Å²) in [6, 6.07) is 5.68. The topological polar surface area (TPSA) is 81.5 Å². The van der Waals surface area contributed by atoms with Crippen molar-refractivity contribution in [2.24, 2.45) is 5.92 Å². The molecule has 1 aromatic rings. The highest BCUT2D eigenvalue weighted by Gasteiger charge is 2.50. The second kappa shape index (κ2) is 5.08. The van der Waals surface area contributed by atoms with E-state index in [9.17, 15) is 14.9 Å². The van der Waals surface area contributed by atoms with E-state index in [4.69, 9.17) is 4.74 Å². The van der Waals surface area contributed by atoms with Gasteiger partial charge < -0.3 is 10.1 Å². The Morgan fingerprint density at radius 1 is 1.17 bits per heavy atom. The van der Waals surface area contributed by atoms with Gasteiger partial charge in [0.2, 0.25) is 0 Å². The first-order valence-electron chi connectivity index (χ1n) is 7.42. The summed E-state index contributed by atoms with van der Waals surface area (Å²) in [6.07, 6.45) is 9.71. The number of benzene rings is 1. The number of esters is 1. The molecule has 2 aliphatic heterocycles. The number of nitrogens with zero attached hydrogens (tertiary/aromatic N) is 1. The van der Waals surface area contributed by atoms with E-state index in [1.165, 1.54) is 0 Å². The number of para-hydroxylation sites is 1. The lowest BCUT2D eigenvalue weighted by atomic mass is 9.76. The summed E-state index contributed by atoms with van der Waals surface area (Å²) in [4.78, 5) is 23.2. The van der Waals surface area contributed by atoms with Gasteiger partial charge in [0.1, 0.15) is 5.75 Å². The number of nitrogens with one attached hydrogen (secondary N) is 1. The minimum Gasteiger partial charge on any atom is -0.421 e. The van der Waals surface area contributed by atoms with Gasteiger partial charge in [-0.3, -0.25) is 10.1 Å². The van der Waals surface area contributed by atoms with Gasteiger partial charge in [0.25, 0.3) is 0 Å². The molecule has 1 N–H and O–H groups in total. The van der Waals surface area contributed by atoms with Crippen LogP contribution in [-0.2, 0) is 4.79 Å². The van der Waals surface area contributed by atoms with Crippen LogP contribution < -0.4 is 10.1 Å². The SMILES string of the molecule is O=C1Oc2ccccc2C(C2=CNC3C=CC=CC23)C1[N+](=O)[O-]. The summed E-state index contributed by atoms with van der Waals surface area (Å²) in [6.45, 7) is 0. The zero-order chi connectivity index (χ0) is 16.0. The van der Waals surface area contributed by atoms with Crippen LogP contribution >= 0.6 is 0 Å². The van der Waals surface area contributed by atoms with E-state index in [0.29, 0.717) is 11.3 Å². The standard InChI is InChI=1S/C17H14N2O4/c20-17-16(19(21)22)15(11-6-2-4-8-14(11)23-17)12-9-18-13-7-3-1-5-10(12)13/h1-10,13,15-16,18H. The molecular weight excluding hydrogens is 296 g/mol. The van der Waals surface area contributed by atoms with Crippen molar-refractivity contribution in [2.75, 3.05) is 0 Å². The summed E-state index contributed by atoms with van der Waals surface area (Å²) in [7, 11) is 0. The molecule has 3 aliphatic rings. The van der Waals surface area contributed by atoms with Crippen molar-refractivity contribution in [3.8, 4) is 5.75 Å². The number of carbonyl (C=O) groups is 1. The zero-order valence-corrected chi connectivity index (χ0v) is 12.1. The third-order valence-electron chi connectivity index (χ3n) is 4.57. The van der Waals surface area contributed by atoms with E-state index in [2.05, 4.69) is 5.32 Å². The van der Waals surface area contributed by atoms with E-state index in [1.807, 2.05) is 30.5 Å². The Bertz CT molecular complexity index is 781. The van der Waals surface area contributed by atoms with Gasteiger partial charge in [0, 0.05) is 16.4 Å². The Labute approximate surface area is 132 Å². The first-order valence-corrected chi connectivity index (χ1v) is 7.42. The molecule has 0 saturated carbocycles. The number of fused-ring (bicyclic) bond motifs is 2. The van der Waals surface area contributed by atoms with E-state index in [1.54, 1.807) is 24.3 Å². The number of hydrogen-bond acceptors (Lipinski definition) is 5. The Morgan fingerprint density at radius 3 is 2.78 bits per heavy atom. The average Bonchev–Trinajstić information content (AvgIpc) is 2.97. The Balaban J connectivity index is 1.83. The van der Waals surface area contributed by atoms with E-state index in [-0.39, 0.29) is 12.0 Å². The van der Waals surface area contributed by atoms with Gasteiger partial charge in [-0.25, -0.2) is 4.79 Å². The maximum Gasteiger partial charge on any atom is 0.388 e. The number of rotatable bonds is 2. The molecule has 4 rings (SSSR count). The number of nitro groups is 1. The molecule has 0 spiro atoms. The lowest BCUT2D eigenvalue weighted by molar-refractivity contribution is -0.513. The molecule has 0 radical (unpaired) electrons. The fraction of sp³-hybridized carbons (Fsp3) is 0.235. The van der Waals surface area contributed by atoms with Crippen molar-refractivity contribution in [2.45, 2.75) is 18.0 Å². The summed E-state index contributed by atoms with van der Waals surface area (Å²) in [5.74, 6) is -1.02. The van der Waals surface area contributed by atoms with Crippen molar-refractivity contribution in [3.05, 3.63) is 76.0 Å². The molecule has 0 saturated heterocycles. The summed E-state index contributed by atoms with van der Waals surface area (Å²) in [5.41, 5.74) is 1.53. The third-order valence-corrected chi connectivity index (χ3v) is 4.57. The average molecular weight is 310 g/mol. The molecule has 4 unspecified atom stereocenters. The van der Waals surface area contributed by atoms with Gasteiger partial charge in [-0.1, -0.05) is 42.5 Å². The molecule has 6 nitrogen and oxygen atoms in total. The van der Waals surface area contributed by atoms with Crippen LogP contribution in [0.25, 0.3) is 0 Å². The van der Waals surface area contributed by atoms with Crippen LogP contribution in [0.15, 0.2) is 60.3 Å². The molecule has 0 amide bonds. The summed E-state index contributed by atoms with van der Waals surface area (Å²) >= 11 is 0. The second-order valence-electron chi connectivity index (χ2n) is 5.80. The number of hydrogen-bond donors (Lipinski definition) is 1. The van der Waals surface area contributed by atoms with Crippen LogP contribution in [0.2, 0.25) is 0 Å². The van der Waals surface area contributed by atoms with Gasteiger partial charge in [0.15, 0.2) is 0 Å². The molecule has 23 heavy (non-hydrogen) atoms. The molecule has 0 fully saturated rings. The smallest absolute Gasteiger partial charge is 0.388 e. The van der Waals surface area contributed by atoms with Crippen LogP contribution in [0.5, 0.6) is 5.75 Å². The molecular formula is C17H14N2O4. The number of carbonyl (C=O) groups excluding carboxylic acids is 1. The maximum absolute atomic E-state index is 12.2. The normalized spacial score (nSPS) is 30.8. The van der Waals surface area contributed by atoms with Gasteiger partial charge in [-0.2, -0.15) is 0 Å². The van der Waals surface area contributed by atoms with E-state index in [0.717, 1.165) is 5.57 Å². The van der Waals surface area contributed by atoms with Crippen LogP contribution in [0, 0.1) is 16.0 Å². The molecule has 0 bridgehead atoms. The van der Waals surface area contributed by atoms with Crippen molar-refractivity contribution in [1.29, 1.82) is 0 Å². The minimum atomic E-state index is -1.42. The Morgan fingerprint density at radius 2 is 1.96 bits per heavy atom. The quantitative estimate of drug-likeness (QED) is 0.391. The number of ether oxygens (including phenoxy) is 1. The van der Waals surface area contributed by atoms with Crippen LogP contribution in [-0.4, -0.2) is 23.0 Å².